The Morgan fingerprint density at radius 3 is 2.75 bits per heavy atom. The van der Waals surface area contributed by atoms with Crippen molar-refractivity contribution in [2.75, 3.05) is 59.6 Å². The molecule has 0 aliphatic carbocycles. The maximum absolute atomic E-state index is 13.0. The lowest BCUT2D eigenvalue weighted by Crippen LogP contribution is -2.45. The summed E-state index contributed by atoms with van der Waals surface area (Å²) < 4.78 is 23.8. The molecule has 0 unspecified atom stereocenters. The first kappa shape index (κ1) is 20.9. The smallest absolute Gasteiger partial charge is 0.191 e. The molecule has 0 amide bonds. The number of morpholine rings is 1. The fourth-order valence-corrected chi connectivity index (χ4v) is 2.27. The van der Waals surface area contributed by atoms with E-state index in [1.165, 1.54) is 12.1 Å². The van der Waals surface area contributed by atoms with Crippen molar-refractivity contribution in [3.63, 3.8) is 0 Å². The molecular weight excluding hydrogens is 426 g/mol. The van der Waals surface area contributed by atoms with E-state index in [0.717, 1.165) is 45.4 Å². The molecule has 6 nitrogen and oxygen atoms in total. The highest BCUT2D eigenvalue weighted by Gasteiger charge is 2.09. The van der Waals surface area contributed by atoms with Crippen LogP contribution in [0.5, 0.6) is 5.75 Å². The van der Waals surface area contributed by atoms with Crippen molar-refractivity contribution >= 4 is 29.9 Å². The molecule has 136 valence electrons. The van der Waals surface area contributed by atoms with E-state index < -0.39 is 0 Å². The van der Waals surface area contributed by atoms with Gasteiger partial charge in [-0.1, -0.05) is 6.07 Å². The van der Waals surface area contributed by atoms with Gasteiger partial charge in [0.2, 0.25) is 0 Å². The summed E-state index contributed by atoms with van der Waals surface area (Å²) in [5, 5.41) is 6.43. The SMILES string of the molecule is CN=C(NCCOc1cccc(F)c1)NCCN1CCOCC1.I. The number of rotatable bonds is 7. The Hall–Kier alpha value is -1.13. The Labute approximate surface area is 159 Å². The maximum atomic E-state index is 13.0. The van der Waals surface area contributed by atoms with Gasteiger partial charge in [0.25, 0.3) is 0 Å². The molecular formula is C16H26FIN4O2. The van der Waals surface area contributed by atoms with Crippen molar-refractivity contribution in [2.45, 2.75) is 0 Å². The molecule has 1 fully saturated rings. The van der Waals surface area contributed by atoms with Crippen LogP contribution in [-0.2, 0) is 4.74 Å². The molecule has 1 saturated heterocycles. The summed E-state index contributed by atoms with van der Waals surface area (Å²) in [6.45, 7) is 6.40. The van der Waals surface area contributed by atoms with E-state index >= 15 is 0 Å². The number of hydrogen-bond acceptors (Lipinski definition) is 4. The van der Waals surface area contributed by atoms with Crippen LogP contribution in [0.1, 0.15) is 0 Å². The van der Waals surface area contributed by atoms with Gasteiger partial charge in [-0.25, -0.2) is 4.39 Å². The Balaban J connectivity index is 0.00000288. The van der Waals surface area contributed by atoms with Gasteiger partial charge in [-0.05, 0) is 12.1 Å². The van der Waals surface area contributed by atoms with Gasteiger partial charge >= 0.3 is 0 Å². The number of guanidine groups is 1. The van der Waals surface area contributed by atoms with Crippen LogP contribution >= 0.6 is 24.0 Å². The summed E-state index contributed by atoms with van der Waals surface area (Å²) in [5.74, 6) is 0.971. The first-order valence-electron chi connectivity index (χ1n) is 7.91. The number of benzene rings is 1. The number of aliphatic imine (C=N–C) groups is 1. The summed E-state index contributed by atoms with van der Waals surface area (Å²) in [6.07, 6.45) is 0. The highest BCUT2D eigenvalue weighted by atomic mass is 127. The van der Waals surface area contributed by atoms with Crippen LogP contribution in [0, 0.1) is 5.82 Å². The molecule has 2 rings (SSSR count). The highest BCUT2D eigenvalue weighted by Crippen LogP contribution is 2.11. The molecule has 24 heavy (non-hydrogen) atoms. The minimum Gasteiger partial charge on any atom is -0.492 e. The minimum absolute atomic E-state index is 0. The van der Waals surface area contributed by atoms with Gasteiger partial charge in [0.1, 0.15) is 18.2 Å². The van der Waals surface area contributed by atoms with Crippen LogP contribution in [0.3, 0.4) is 0 Å². The fourth-order valence-electron chi connectivity index (χ4n) is 2.27. The molecule has 2 N–H and O–H groups in total. The largest absolute Gasteiger partial charge is 0.492 e. The molecule has 1 aromatic rings. The number of nitrogens with one attached hydrogen (secondary N) is 2. The Morgan fingerprint density at radius 1 is 1.29 bits per heavy atom. The summed E-state index contributed by atoms with van der Waals surface area (Å²) in [5.41, 5.74) is 0. The van der Waals surface area contributed by atoms with Crippen molar-refractivity contribution in [1.82, 2.24) is 15.5 Å². The quantitative estimate of drug-likeness (QED) is 0.283. The fraction of sp³-hybridized carbons (Fsp3) is 0.562. The summed E-state index contributed by atoms with van der Waals surface area (Å²) in [6, 6.07) is 6.13. The van der Waals surface area contributed by atoms with Gasteiger partial charge in [-0.3, -0.25) is 9.89 Å². The Morgan fingerprint density at radius 2 is 2.04 bits per heavy atom. The minimum atomic E-state index is -0.295. The van der Waals surface area contributed by atoms with Gasteiger partial charge < -0.3 is 20.1 Å². The number of nitrogens with zero attached hydrogens (tertiary/aromatic N) is 2. The van der Waals surface area contributed by atoms with E-state index in [-0.39, 0.29) is 29.8 Å². The van der Waals surface area contributed by atoms with E-state index in [0.29, 0.717) is 18.9 Å². The van der Waals surface area contributed by atoms with Gasteiger partial charge in [0.05, 0.1) is 19.8 Å². The molecule has 0 aromatic heterocycles. The zero-order valence-electron chi connectivity index (χ0n) is 14.0. The van der Waals surface area contributed by atoms with Gasteiger partial charge in [-0.2, -0.15) is 0 Å². The normalized spacial score (nSPS) is 15.5. The van der Waals surface area contributed by atoms with E-state index in [9.17, 15) is 4.39 Å². The third kappa shape index (κ3) is 8.11. The predicted octanol–water partition coefficient (Wildman–Crippen LogP) is 1.32. The number of halogens is 2. The van der Waals surface area contributed by atoms with E-state index in [2.05, 4.69) is 20.5 Å². The summed E-state index contributed by atoms with van der Waals surface area (Å²) >= 11 is 0. The lowest BCUT2D eigenvalue weighted by Gasteiger charge is -2.26. The molecule has 1 aliphatic rings. The number of hydrogen-bond donors (Lipinski definition) is 2. The third-order valence-electron chi connectivity index (χ3n) is 3.51. The first-order chi connectivity index (χ1) is 11.3. The monoisotopic (exact) mass is 452 g/mol. The molecule has 0 spiro atoms. The zero-order chi connectivity index (χ0) is 16.3. The zero-order valence-corrected chi connectivity index (χ0v) is 16.3. The van der Waals surface area contributed by atoms with Crippen molar-refractivity contribution in [3.8, 4) is 5.75 Å². The van der Waals surface area contributed by atoms with Crippen LogP contribution < -0.4 is 15.4 Å². The molecule has 1 aliphatic heterocycles. The van der Waals surface area contributed by atoms with Crippen LogP contribution in [0.15, 0.2) is 29.3 Å². The predicted molar refractivity (Wildman–Crippen MR) is 104 cm³/mol. The second-order valence-corrected chi connectivity index (χ2v) is 5.19. The van der Waals surface area contributed by atoms with Gasteiger partial charge in [-0.15, -0.1) is 24.0 Å². The second-order valence-electron chi connectivity index (χ2n) is 5.19. The molecule has 0 atom stereocenters. The molecule has 0 bridgehead atoms. The Kier molecular flexibility index (Phi) is 10.7. The lowest BCUT2D eigenvalue weighted by atomic mass is 10.3. The second kappa shape index (κ2) is 12.3. The maximum Gasteiger partial charge on any atom is 0.191 e. The van der Waals surface area contributed by atoms with Crippen LogP contribution in [0.4, 0.5) is 4.39 Å². The van der Waals surface area contributed by atoms with Crippen molar-refractivity contribution < 1.29 is 13.9 Å². The molecule has 0 radical (unpaired) electrons. The summed E-state index contributed by atoms with van der Waals surface area (Å²) in [7, 11) is 1.73. The molecule has 0 saturated carbocycles. The average Bonchev–Trinajstić information content (AvgIpc) is 2.58. The molecule has 8 heteroatoms. The van der Waals surface area contributed by atoms with Crippen molar-refractivity contribution in [3.05, 3.63) is 30.1 Å². The average molecular weight is 452 g/mol. The van der Waals surface area contributed by atoms with Gasteiger partial charge in [0.15, 0.2) is 5.96 Å². The Bertz CT molecular complexity index is 499. The molecule has 1 heterocycles. The van der Waals surface area contributed by atoms with Crippen molar-refractivity contribution in [2.24, 2.45) is 4.99 Å². The third-order valence-corrected chi connectivity index (χ3v) is 3.51. The van der Waals surface area contributed by atoms with E-state index in [4.69, 9.17) is 9.47 Å². The first-order valence-corrected chi connectivity index (χ1v) is 7.91. The van der Waals surface area contributed by atoms with Crippen LogP contribution in [0.25, 0.3) is 0 Å². The summed E-state index contributed by atoms with van der Waals surface area (Å²) in [4.78, 5) is 6.52. The molecule has 1 aromatic carbocycles. The standard InChI is InChI=1S/C16H25FN4O2.HI/c1-18-16(19-5-7-21-8-11-22-12-9-21)20-6-10-23-15-4-2-3-14(17)13-15;/h2-4,13H,5-12H2,1H3,(H2,18,19,20);1H. The van der Waals surface area contributed by atoms with E-state index in [1.54, 1.807) is 19.2 Å². The number of ether oxygens (including phenoxy) is 2. The van der Waals surface area contributed by atoms with E-state index in [1.807, 2.05) is 0 Å². The lowest BCUT2D eigenvalue weighted by molar-refractivity contribution is 0.0389. The van der Waals surface area contributed by atoms with Crippen LogP contribution in [-0.4, -0.2) is 70.5 Å². The van der Waals surface area contributed by atoms with Crippen LogP contribution in [0.2, 0.25) is 0 Å². The highest BCUT2D eigenvalue weighted by molar-refractivity contribution is 14.0. The van der Waals surface area contributed by atoms with Crippen molar-refractivity contribution in [1.29, 1.82) is 0 Å². The topological polar surface area (TPSA) is 58.1 Å². The van der Waals surface area contributed by atoms with Gasteiger partial charge in [0, 0.05) is 39.3 Å².